The minimum Gasteiger partial charge on any atom is -0.325 e. The lowest BCUT2D eigenvalue weighted by Crippen LogP contribution is -2.28. The van der Waals surface area contributed by atoms with Crippen molar-refractivity contribution in [1.82, 2.24) is 24.8 Å². The van der Waals surface area contributed by atoms with Crippen molar-refractivity contribution in [2.75, 3.05) is 13.6 Å². The normalized spacial score (nSPS) is 16.9. The van der Waals surface area contributed by atoms with Crippen molar-refractivity contribution >= 4 is 11.3 Å². The molecule has 0 atom stereocenters. The molecule has 3 rings (SSSR count). The van der Waals surface area contributed by atoms with Gasteiger partial charge in [0.05, 0.1) is 11.4 Å². The van der Waals surface area contributed by atoms with Gasteiger partial charge in [0.1, 0.15) is 5.82 Å². The van der Waals surface area contributed by atoms with E-state index in [0.29, 0.717) is 0 Å². The van der Waals surface area contributed by atoms with Crippen molar-refractivity contribution in [2.45, 2.75) is 19.9 Å². The van der Waals surface area contributed by atoms with Crippen LogP contribution in [0.15, 0.2) is 0 Å². The first kappa shape index (κ1) is 8.79. The second-order valence-electron chi connectivity index (χ2n) is 4.10. The van der Waals surface area contributed by atoms with E-state index in [2.05, 4.69) is 31.9 Å². The monoisotopic (exact) mass is 203 g/mol. The van der Waals surface area contributed by atoms with E-state index in [1.165, 1.54) is 0 Å². The van der Waals surface area contributed by atoms with Gasteiger partial charge in [0, 0.05) is 19.5 Å². The molecule has 0 radical (unpaired) electrons. The van der Waals surface area contributed by atoms with E-state index in [4.69, 9.17) is 0 Å². The molecule has 78 valence electrons. The highest BCUT2D eigenvalue weighted by atomic mass is 15.1. The number of nitrogens with zero attached hydrogens (tertiary/aromatic N) is 4. The summed E-state index contributed by atoms with van der Waals surface area (Å²) in [5.41, 5.74) is 3.74. The SMILES string of the molecule is Cc1nc2nc3c(nc2[nH]1)CN(C)CC3. The number of H-pyrrole nitrogens is 1. The molecule has 15 heavy (non-hydrogen) atoms. The largest absolute Gasteiger partial charge is 0.325 e. The number of likely N-dealkylation sites (N-methyl/N-ethyl adjacent to an activating group) is 1. The highest BCUT2D eigenvalue weighted by Crippen LogP contribution is 2.16. The van der Waals surface area contributed by atoms with Crippen molar-refractivity contribution < 1.29 is 0 Å². The molecule has 0 amide bonds. The number of nitrogens with one attached hydrogen (secondary N) is 1. The third kappa shape index (κ3) is 1.39. The number of aromatic amines is 1. The number of fused-ring (bicyclic) bond motifs is 2. The molecule has 0 fully saturated rings. The summed E-state index contributed by atoms with van der Waals surface area (Å²) in [7, 11) is 2.10. The van der Waals surface area contributed by atoms with Crippen LogP contribution in [0.25, 0.3) is 11.3 Å². The van der Waals surface area contributed by atoms with Crippen molar-refractivity contribution in [3.8, 4) is 0 Å². The molecule has 0 bridgehead atoms. The van der Waals surface area contributed by atoms with E-state index in [1.807, 2.05) is 6.92 Å². The molecule has 1 aliphatic rings. The van der Waals surface area contributed by atoms with Crippen LogP contribution in [0.3, 0.4) is 0 Å². The molecule has 1 aliphatic heterocycles. The van der Waals surface area contributed by atoms with Gasteiger partial charge in [0.25, 0.3) is 0 Å². The maximum absolute atomic E-state index is 4.56. The summed E-state index contributed by atoms with van der Waals surface area (Å²) in [6, 6.07) is 0. The molecule has 3 heterocycles. The lowest BCUT2D eigenvalue weighted by atomic mass is 10.1. The van der Waals surface area contributed by atoms with E-state index in [9.17, 15) is 0 Å². The zero-order chi connectivity index (χ0) is 10.4. The van der Waals surface area contributed by atoms with Crippen molar-refractivity contribution in [3.63, 3.8) is 0 Å². The summed E-state index contributed by atoms with van der Waals surface area (Å²) in [6.07, 6.45) is 0.973. The van der Waals surface area contributed by atoms with Gasteiger partial charge in [-0.25, -0.2) is 15.0 Å². The Morgan fingerprint density at radius 1 is 1.20 bits per heavy atom. The molecule has 5 nitrogen and oxygen atoms in total. The van der Waals surface area contributed by atoms with Gasteiger partial charge in [-0.2, -0.15) is 0 Å². The smallest absolute Gasteiger partial charge is 0.197 e. The minimum atomic E-state index is 0.746. The molecule has 0 aromatic carbocycles. The van der Waals surface area contributed by atoms with Gasteiger partial charge >= 0.3 is 0 Å². The Morgan fingerprint density at radius 2 is 2.07 bits per heavy atom. The Kier molecular flexibility index (Phi) is 1.76. The fourth-order valence-corrected chi connectivity index (χ4v) is 1.97. The summed E-state index contributed by atoms with van der Waals surface area (Å²) < 4.78 is 0. The maximum Gasteiger partial charge on any atom is 0.197 e. The van der Waals surface area contributed by atoms with Gasteiger partial charge in [-0.15, -0.1) is 0 Å². The highest BCUT2D eigenvalue weighted by molar-refractivity contribution is 5.65. The Balaban J connectivity index is 2.19. The molecule has 5 heteroatoms. The first-order chi connectivity index (χ1) is 7.22. The summed E-state index contributed by atoms with van der Waals surface area (Å²) in [6.45, 7) is 3.86. The fourth-order valence-electron chi connectivity index (χ4n) is 1.97. The van der Waals surface area contributed by atoms with Crippen LogP contribution in [0.4, 0.5) is 0 Å². The topological polar surface area (TPSA) is 57.7 Å². The quantitative estimate of drug-likeness (QED) is 0.683. The second kappa shape index (κ2) is 3.00. The van der Waals surface area contributed by atoms with Crippen LogP contribution in [0, 0.1) is 6.92 Å². The number of hydrogen-bond donors (Lipinski definition) is 1. The molecular weight excluding hydrogens is 190 g/mol. The van der Waals surface area contributed by atoms with Crippen LogP contribution in [-0.4, -0.2) is 38.4 Å². The standard InChI is InChI=1S/C10H13N5/c1-6-11-9-10(12-6)14-8-5-15(2)4-3-7(8)13-9/h3-5H2,1-2H3,(H,11,12,13,14). The van der Waals surface area contributed by atoms with Gasteiger partial charge in [-0.05, 0) is 14.0 Å². The predicted octanol–water partition coefficient (Wildman–Crippen LogP) is 0.649. The Morgan fingerprint density at radius 3 is 2.93 bits per heavy atom. The van der Waals surface area contributed by atoms with Gasteiger partial charge < -0.3 is 9.88 Å². The molecule has 0 unspecified atom stereocenters. The second-order valence-corrected chi connectivity index (χ2v) is 4.10. The van der Waals surface area contributed by atoms with E-state index in [0.717, 1.165) is 48.0 Å². The molecule has 2 aromatic heterocycles. The Bertz CT molecular complexity index is 516. The zero-order valence-electron chi connectivity index (χ0n) is 8.91. The number of hydrogen-bond acceptors (Lipinski definition) is 4. The molecule has 1 N–H and O–H groups in total. The Labute approximate surface area is 87.6 Å². The molecular formula is C10H13N5. The lowest BCUT2D eigenvalue weighted by molar-refractivity contribution is 0.305. The van der Waals surface area contributed by atoms with Crippen LogP contribution in [0.1, 0.15) is 17.2 Å². The lowest BCUT2D eigenvalue weighted by Gasteiger charge is -2.22. The summed E-state index contributed by atoms with van der Waals surface area (Å²) in [5.74, 6) is 0.876. The van der Waals surface area contributed by atoms with Crippen molar-refractivity contribution in [2.24, 2.45) is 0 Å². The van der Waals surface area contributed by atoms with Crippen LogP contribution >= 0.6 is 0 Å². The van der Waals surface area contributed by atoms with Gasteiger partial charge in [-0.3, -0.25) is 0 Å². The van der Waals surface area contributed by atoms with Gasteiger partial charge in [0.15, 0.2) is 11.3 Å². The van der Waals surface area contributed by atoms with Crippen molar-refractivity contribution in [3.05, 3.63) is 17.2 Å². The summed E-state index contributed by atoms with van der Waals surface area (Å²) in [4.78, 5) is 18.8. The highest BCUT2D eigenvalue weighted by Gasteiger charge is 2.17. The van der Waals surface area contributed by atoms with Crippen molar-refractivity contribution in [1.29, 1.82) is 0 Å². The number of aryl methyl sites for hydroxylation is 1. The predicted molar refractivity (Wildman–Crippen MR) is 56.5 cm³/mol. The third-order valence-corrected chi connectivity index (χ3v) is 2.76. The average Bonchev–Trinajstić information content (AvgIpc) is 2.53. The fraction of sp³-hybridized carbons (Fsp3) is 0.500. The van der Waals surface area contributed by atoms with Crippen LogP contribution in [0.2, 0.25) is 0 Å². The third-order valence-electron chi connectivity index (χ3n) is 2.76. The summed E-state index contributed by atoms with van der Waals surface area (Å²) in [5, 5.41) is 0. The van der Waals surface area contributed by atoms with Crippen LogP contribution < -0.4 is 0 Å². The van der Waals surface area contributed by atoms with Crippen LogP contribution in [-0.2, 0) is 13.0 Å². The molecule has 0 saturated carbocycles. The first-order valence-electron chi connectivity index (χ1n) is 5.13. The van der Waals surface area contributed by atoms with Crippen LogP contribution in [0.5, 0.6) is 0 Å². The van der Waals surface area contributed by atoms with Gasteiger partial charge in [-0.1, -0.05) is 0 Å². The van der Waals surface area contributed by atoms with E-state index < -0.39 is 0 Å². The number of imidazole rings is 1. The molecule has 2 aromatic rings. The molecule has 0 aliphatic carbocycles. The number of aromatic nitrogens is 4. The maximum atomic E-state index is 4.56. The first-order valence-corrected chi connectivity index (χ1v) is 5.13. The van der Waals surface area contributed by atoms with Gasteiger partial charge in [0.2, 0.25) is 0 Å². The van der Waals surface area contributed by atoms with E-state index in [1.54, 1.807) is 0 Å². The van der Waals surface area contributed by atoms with E-state index in [-0.39, 0.29) is 0 Å². The molecule has 0 spiro atoms. The average molecular weight is 203 g/mol. The minimum absolute atomic E-state index is 0.746. The molecule has 0 saturated heterocycles. The Hall–Kier alpha value is -1.49. The summed E-state index contributed by atoms with van der Waals surface area (Å²) >= 11 is 0. The van der Waals surface area contributed by atoms with E-state index >= 15 is 0 Å². The number of rotatable bonds is 0. The zero-order valence-corrected chi connectivity index (χ0v) is 8.91.